The van der Waals surface area contributed by atoms with Crippen LogP contribution < -0.4 is 11.1 Å². The Hall–Kier alpha value is -1.70. The molecule has 1 fully saturated rings. The van der Waals surface area contributed by atoms with Crippen LogP contribution in [0.5, 0.6) is 0 Å². The van der Waals surface area contributed by atoms with E-state index in [0.717, 1.165) is 30.7 Å². The maximum absolute atomic E-state index is 12.4. The van der Waals surface area contributed by atoms with Gasteiger partial charge in [0, 0.05) is 18.8 Å². The molecule has 122 valence electrons. The Labute approximate surface area is 144 Å². The predicted molar refractivity (Wildman–Crippen MR) is 94.9 cm³/mol. The summed E-state index contributed by atoms with van der Waals surface area (Å²) < 4.78 is 7.82. The van der Waals surface area contributed by atoms with Crippen molar-refractivity contribution >= 4 is 35.3 Å². The Morgan fingerprint density at radius 1 is 1.57 bits per heavy atom. The number of nitrogen functional groups attached to an aromatic ring is 1. The predicted octanol–water partition coefficient (Wildman–Crippen LogP) is 3.07. The van der Waals surface area contributed by atoms with Gasteiger partial charge in [0.15, 0.2) is 3.95 Å². The summed E-state index contributed by atoms with van der Waals surface area (Å²) in [7, 11) is 0. The minimum absolute atomic E-state index is 0.104. The first-order valence-electron chi connectivity index (χ1n) is 7.54. The number of anilines is 1. The maximum Gasteiger partial charge on any atom is 0.265 e. The van der Waals surface area contributed by atoms with Crippen molar-refractivity contribution in [2.45, 2.75) is 25.9 Å². The molecule has 0 saturated carbocycles. The normalized spacial score (nSPS) is 17.3. The number of carbonyl (C=O) groups is 1. The van der Waals surface area contributed by atoms with Crippen molar-refractivity contribution < 1.29 is 9.53 Å². The Balaban J connectivity index is 1.82. The fourth-order valence-corrected chi connectivity index (χ4v) is 3.94. The van der Waals surface area contributed by atoms with Crippen LogP contribution >= 0.6 is 23.6 Å². The molecule has 5 nitrogen and oxygen atoms in total. The summed E-state index contributed by atoms with van der Waals surface area (Å²) in [6.07, 6.45) is 2.13. The number of hydrogen-bond acceptors (Lipinski definition) is 5. The zero-order valence-electron chi connectivity index (χ0n) is 12.9. The van der Waals surface area contributed by atoms with Crippen molar-refractivity contribution in [2.75, 3.05) is 18.9 Å². The highest BCUT2D eigenvalue weighted by Gasteiger charge is 2.21. The number of aryl methyl sites for hydroxylation is 1. The van der Waals surface area contributed by atoms with E-state index in [1.54, 1.807) is 4.57 Å². The number of ether oxygens (including phenoxy) is 1. The summed E-state index contributed by atoms with van der Waals surface area (Å²) in [6.45, 7) is 3.28. The number of rotatable bonds is 4. The lowest BCUT2D eigenvalue weighted by Crippen LogP contribution is -2.31. The highest BCUT2D eigenvalue weighted by molar-refractivity contribution is 7.73. The van der Waals surface area contributed by atoms with Gasteiger partial charge < -0.3 is 15.8 Å². The Bertz CT molecular complexity index is 776. The van der Waals surface area contributed by atoms with Gasteiger partial charge in [0.25, 0.3) is 5.91 Å². The van der Waals surface area contributed by atoms with E-state index < -0.39 is 0 Å². The number of carbonyl (C=O) groups excluding carboxylic acids is 1. The number of nitrogens with one attached hydrogen (secondary N) is 1. The third-order valence-electron chi connectivity index (χ3n) is 3.83. The Morgan fingerprint density at radius 2 is 2.39 bits per heavy atom. The van der Waals surface area contributed by atoms with Gasteiger partial charge in [-0.1, -0.05) is 23.5 Å². The first-order valence-corrected chi connectivity index (χ1v) is 8.77. The van der Waals surface area contributed by atoms with Crippen molar-refractivity contribution in [1.29, 1.82) is 0 Å². The van der Waals surface area contributed by atoms with Gasteiger partial charge in [-0.2, -0.15) is 0 Å². The summed E-state index contributed by atoms with van der Waals surface area (Å²) in [6, 6.07) is 7.87. The van der Waals surface area contributed by atoms with Gasteiger partial charge in [-0.15, -0.1) is 0 Å². The van der Waals surface area contributed by atoms with Crippen LogP contribution in [-0.2, 0) is 4.74 Å². The fourth-order valence-electron chi connectivity index (χ4n) is 2.65. The van der Waals surface area contributed by atoms with E-state index >= 15 is 0 Å². The molecule has 1 aliphatic rings. The molecule has 2 heterocycles. The number of nitrogens with zero attached hydrogens (tertiary/aromatic N) is 1. The molecule has 0 radical (unpaired) electrons. The van der Waals surface area contributed by atoms with E-state index in [1.807, 2.05) is 31.2 Å². The molecule has 1 aromatic carbocycles. The minimum Gasteiger partial charge on any atom is -0.383 e. The lowest BCUT2D eigenvalue weighted by molar-refractivity contribution is 0.0861. The smallest absolute Gasteiger partial charge is 0.265 e. The Morgan fingerprint density at radius 3 is 3.09 bits per heavy atom. The number of aromatic nitrogens is 1. The number of hydrogen-bond donors (Lipinski definition) is 2. The highest BCUT2D eigenvalue weighted by atomic mass is 32.1. The largest absolute Gasteiger partial charge is 0.383 e. The van der Waals surface area contributed by atoms with Crippen molar-refractivity contribution in [3.05, 3.63) is 38.7 Å². The molecule has 0 spiro atoms. The number of amides is 1. The van der Waals surface area contributed by atoms with E-state index in [-0.39, 0.29) is 12.0 Å². The topological polar surface area (TPSA) is 69.3 Å². The van der Waals surface area contributed by atoms with E-state index in [1.165, 1.54) is 11.3 Å². The summed E-state index contributed by atoms with van der Waals surface area (Å²) in [5.74, 6) is 0.191. The molecule has 23 heavy (non-hydrogen) atoms. The van der Waals surface area contributed by atoms with Crippen molar-refractivity contribution in [1.82, 2.24) is 9.88 Å². The molecule has 1 amide bonds. The molecular formula is C16H19N3O2S2. The van der Waals surface area contributed by atoms with Crippen LogP contribution in [-0.4, -0.2) is 29.7 Å². The average Bonchev–Trinajstić information content (AvgIpc) is 3.13. The van der Waals surface area contributed by atoms with Crippen LogP contribution in [0.2, 0.25) is 0 Å². The first kappa shape index (κ1) is 16.2. The summed E-state index contributed by atoms with van der Waals surface area (Å²) >= 11 is 6.63. The van der Waals surface area contributed by atoms with Gasteiger partial charge in [-0.05, 0) is 49.7 Å². The lowest BCUT2D eigenvalue weighted by atomic mass is 10.2. The second-order valence-electron chi connectivity index (χ2n) is 5.60. The van der Waals surface area contributed by atoms with Gasteiger partial charge in [-0.25, -0.2) is 0 Å². The minimum atomic E-state index is -0.194. The molecule has 1 aliphatic heterocycles. The first-order chi connectivity index (χ1) is 11.1. The molecule has 1 aromatic heterocycles. The van der Waals surface area contributed by atoms with Gasteiger partial charge in [0.2, 0.25) is 0 Å². The van der Waals surface area contributed by atoms with Crippen LogP contribution in [0, 0.1) is 10.9 Å². The maximum atomic E-state index is 12.4. The quantitative estimate of drug-likeness (QED) is 0.833. The van der Waals surface area contributed by atoms with Crippen LogP contribution in [0.3, 0.4) is 0 Å². The number of thiazole rings is 1. The Kier molecular flexibility index (Phi) is 4.79. The third-order valence-corrected chi connectivity index (χ3v) is 5.21. The summed E-state index contributed by atoms with van der Waals surface area (Å²) in [5.41, 5.74) is 8.17. The zero-order valence-corrected chi connectivity index (χ0v) is 14.5. The van der Waals surface area contributed by atoms with Gasteiger partial charge in [0.1, 0.15) is 10.7 Å². The molecular weight excluding hydrogens is 330 g/mol. The molecule has 3 N–H and O–H groups in total. The van der Waals surface area contributed by atoms with E-state index in [0.29, 0.717) is 21.2 Å². The molecule has 1 unspecified atom stereocenters. The standard InChI is InChI=1S/C16H19N3O2S2/c1-10-4-2-5-11(8-10)19-14(17)13(23-16(19)22)15(20)18-9-12-6-3-7-21-12/h2,4-5,8,12H,3,6-7,9,17H2,1H3,(H,18,20). The van der Waals surface area contributed by atoms with Crippen LogP contribution in [0.15, 0.2) is 24.3 Å². The molecule has 2 aromatic rings. The van der Waals surface area contributed by atoms with Crippen molar-refractivity contribution in [3.8, 4) is 5.69 Å². The molecule has 1 saturated heterocycles. The van der Waals surface area contributed by atoms with E-state index in [4.69, 9.17) is 22.7 Å². The number of benzene rings is 1. The van der Waals surface area contributed by atoms with Crippen LogP contribution in [0.1, 0.15) is 28.1 Å². The van der Waals surface area contributed by atoms with Crippen LogP contribution in [0.4, 0.5) is 5.82 Å². The lowest BCUT2D eigenvalue weighted by Gasteiger charge is -2.11. The second-order valence-corrected chi connectivity index (χ2v) is 7.25. The molecule has 0 aliphatic carbocycles. The van der Waals surface area contributed by atoms with E-state index in [9.17, 15) is 4.79 Å². The number of nitrogens with two attached hydrogens (primary N) is 1. The van der Waals surface area contributed by atoms with Gasteiger partial charge >= 0.3 is 0 Å². The van der Waals surface area contributed by atoms with E-state index in [2.05, 4.69) is 5.32 Å². The van der Waals surface area contributed by atoms with Crippen LogP contribution in [0.25, 0.3) is 5.69 Å². The third kappa shape index (κ3) is 3.46. The summed E-state index contributed by atoms with van der Waals surface area (Å²) in [5, 5.41) is 2.89. The highest BCUT2D eigenvalue weighted by Crippen LogP contribution is 2.26. The fraction of sp³-hybridized carbons (Fsp3) is 0.375. The molecule has 0 bridgehead atoms. The molecule has 3 rings (SSSR count). The zero-order chi connectivity index (χ0) is 16.4. The monoisotopic (exact) mass is 349 g/mol. The van der Waals surface area contributed by atoms with Crippen molar-refractivity contribution in [3.63, 3.8) is 0 Å². The SMILES string of the molecule is Cc1cccc(-n2c(N)c(C(=O)NCC3CCCO3)sc2=S)c1. The molecule has 7 heteroatoms. The van der Waals surface area contributed by atoms with Crippen molar-refractivity contribution in [2.24, 2.45) is 0 Å². The molecule has 1 atom stereocenters. The van der Waals surface area contributed by atoms with Gasteiger partial charge in [-0.3, -0.25) is 9.36 Å². The average molecular weight is 349 g/mol. The van der Waals surface area contributed by atoms with Gasteiger partial charge in [0.05, 0.1) is 6.10 Å². The second kappa shape index (κ2) is 6.82. The summed E-state index contributed by atoms with van der Waals surface area (Å²) in [4.78, 5) is 12.8.